The van der Waals surface area contributed by atoms with Gasteiger partial charge in [0.1, 0.15) is 0 Å². The van der Waals surface area contributed by atoms with Gasteiger partial charge in [0, 0.05) is 0 Å². The van der Waals surface area contributed by atoms with Gasteiger partial charge in [-0.3, -0.25) is 10.2 Å². The molecule has 0 radical (unpaired) electrons. The Bertz CT molecular complexity index is 460. The average Bonchev–Trinajstić information content (AvgIpc) is 2.41. The third-order valence-electron chi connectivity index (χ3n) is 3.88. The Labute approximate surface area is 140 Å². The van der Waals surface area contributed by atoms with Crippen molar-refractivity contribution >= 4 is 11.7 Å². The van der Waals surface area contributed by atoms with E-state index in [0.717, 1.165) is 31.6 Å². The van der Waals surface area contributed by atoms with Crippen molar-refractivity contribution in [3.05, 3.63) is 37.1 Å². The Kier molecular flexibility index (Phi) is 8.07. The molecular formula is C14H23N5OW. The van der Waals surface area contributed by atoms with Crippen molar-refractivity contribution in [1.29, 1.82) is 0 Å². The van der Waals surface area contributed by atoms with Gasteiger partial charge in [-0.05, 0) is 39.4 Å². The SMILES string of the molecule is CN1CCC(Cc2cccc([NH-])n2)(C(=O)NN)CC1.[CH3-].[W+2]. The van der Waals surface area contributed by atoms with E-state index in [1.165, 1.54) is 0 Å². The van der Waals surface area contributed by atoms with Crippen molar-refractivity contribution in [2.24, 2.45) is 11.3 Å². The van der Waals surface area contributed by atoms with Gasteiger partial charge in [-0.1, -0.05) is 29.7 Å². The summed E-state index contributed by atoms with van der Waals surface area (Å²) in [5.41, 5.74) is 10.1. The predicted octanol–water partition coefficient (Wildman–Crippen LogP) is 1.46. The molecule has 7 heteroatoms. The molecule has 0 aliphatic carbocycles. The minimum atomic E-state index is -0.498. The van der Waals surface area contributed by atoms with Gasteiger partial charge in [-0.2, -0.15) is 0 Å². The van der Waals surface area contributed by atoms with E-state index in [-0.39, 0.29) is 40.2 Å². The van der Waals surface area contributed by atoms with Crippen molar-refractivity contribution in [2.75, 3.05) is 20.1 Å². The second kappa shape index (κ2) is 8.47. The molecule has 0 bridgehead atoms. The van der Waals surface area contributed by atoms with E-state index < -0.39 is 5.41 Å². The number of aromatic nitrogens is 1. The van der Waals surface area contributed by atoms with Crippen molar-refractivity contribution in [3.8, 4) is 0 Å². The number of amides is 1. The summed E-state index contributed by atoms with van der Waals surface area (Å²) in [6.07, 6.45) is 2.06. The summed E-state index contributed by atoms with van der Waals surface area (Å²) < 4.78 is 0. The van der Waals surface area contributed by atoms with Gasteiger partial charge < -0.3 is 23.0 Å². The topological polar surface area (TPSA) is 95.0 Å². The molecule has 0 atom stereocenters. The number of carbonyl (C=O) groups excluding carboxylic acids is 1. The number of hydrogen-bond donors (Lipinski definition) is 2. The average molecular weight is 461 g/mol. The fraction of sp³-hybridized carbons (Fsp3) is 0.500. The summed E-state index contributed by atoms with van der Waals surface area (Å²) >= 11 is 0. The van der Waals surface area contributed by atoms with E-state index in [1.54, 1.807) is 12.1 Å². The molecule has 1 aliphatic heterocycles. The number of rotatable bonds is 3. The third-order valence-corrected chi connectivity index (χ3v) is 3.88. The van der Waals surface area contributed by atoms with Gasteiger partial charge in [-0.15, -0.1) is 0 Å². The van der Waals surface area contributed by atoms with Gasteiger partial charge in [0.2, 0.25) is 5.91 Å². The Morgan fingerprint density at radius 3 is 2.62 bits per heavy atom. The number of hydrazine groups is 1. The molecule has 2 heterocycles. The Hall–Kier alpha value is -0.972. The van der Waals surface area contributed by atoms with Crippen LogP contribution in [-0.4, -0.2) is 35.9 Å². The largest absolute Gasteiger partial charge is 2.00 e. The molecule has 4 N–H and O–H groups in total. The van der Waals surface area contributed by atoms with Crippen molar-refractivity contribution in [2.45, 2.75) is 19.3 Å². The smallest absolute Gasteiger partial charge is 0.482 e. The molecule has 21 heavy (non-hydrogen) atoms. The number of nitrogens with two attached hydrogens (primary N) is 1. The maximum absolute atomic E-state index is 12.2. The summed E-state index contributed by atoms with van der Waals surface area (Å²) in [4.78, 5) is 18.5. The summed E-state index contributed by atoms with van der Waals surface area (Å²) in [5, 5.41) is 0. The fourth-order valence-electron chi connectivity index (χ4n) is 2.61. The van der Waals surface area contributed by atoms with Gasteiger partial charge in [0.15, 0.2) is 0 Å². The Balaban J connectivity index is 0.00000200. The first-order valence-corrected chi connectivity index (χ1v) is 6.43. The summed E-state index contributed by atoms with van der Waals surface area (Å²) in [6.45, 7) is 1.74. The number of pyridine rings is 1. The Morgan fingerprint density at radius 1 is 1.48 bits per heavy atom. The maximum Gasteiger partial charge on any atom is 2.00 e. The van der Waals surface area contributed by atoms with Crippen LogP contribution in [0.5, 0.6) is 0 Å². The van der Waals surface area contributed by atoms with Crippen LogP contribution in [0, 0.1) is 12.8 Å². The number of nitrogens with zero attached hydrogens (tertiary/aromatic N) is 2. The number of likely N-dealkylation sites (tertiary alicyclic amines) is 1. The molecule has 1 aliphatic rings. The van der Waals surface area contributed by atoms with Crippen LogP contribution in [0.4, 0.5) is 5.82 Å². The van der Waals surface area contributed by atoms with E-state index in [4.69, 9.17) is 11.6 Å². The van der Waals surface area contributed by atoms with Crippen molar-refractivity contribution < 1.29 is 25.9 Å². The van der Waals surface area contributed by atoms with Gasteiger partial charge in [-0.25, -0.2) is 5.84 Å². The third kappa shape index (κ3) is 4.76. The van der Waals surface area contributed by atoms with Crippen molar-refractivity contribution in [3.63, 3.8) is 0 Å². The monoisotopic (exact) mass is 461 g/mol. The predicted molar refractivity (Wildman–Crippen MR) is 79.8 cm³/mol. The van der Waals surface area contributed by atoms with E-state index >= 15 is 0 Å². The first-order chi connectivity index (χ1) is 9.05. The van der Waals surface area contributed by atoms with Gasteiger partial charge in [0.25, 0.3) is 0 Å². The molecule has 0 saturated carbocycles. The second-order valence-electron chi connectivity index (χ2n) is 5.25. The molecule has 1 fully saturated rings. The summed E-state index contributed by atoms with van der Waals surface area (Å²) in [6, 6.07) is 5.30. The summed E-state index contributed by atoms with van der Waals surface area (Å²) in [5.74, 6) is 5.44. The zero-order chi connectivity index (χ0) is 13.9. The number of piperidine rings is 1. The van der Waals surface area contributed by atoms with Crippen LogP contribution >= 0.6 is 0 Å². The second-order valence-corrected chi connectivity index (χ2v) is 5.25. The molecule has 116 valence electrons. The standard InChI is InChI=1S/C13H21N5O.CH3.W/c1-18-7-5-13(6-8-18,12(19)17-15)9-10-3-2-4-11(14)16-10;;/h2-4H,5-9,15H2,1H3,(H3,14,16,17,19);1H3;/q;-1;+2/p-1. The molecular weight excluding hydrogens is 438 g/mol. The number of hydrogen-bond acceptors (Lipinski definition) is 4. The fourth-order valence-corrected chi connectivity index (χ4v) is 2.61. The normalized spacial score (nSPS) is 17.2. The zero-order valence-corrected chi connectivity index (χ0v) is 15.5. The molecule has 0 spiro atoms. The first-order valence-electron chi connectivity index (χ1n) is 6.43. The summed E-state index contributed by atoms with van der Waals surface area (Å²) in [7, 11) is 2.05. The zero-order valence-electron chi connectivity index (χ0n) is 12.6. The first kappa shape index (κ1) is 20.0. The molecule has 0 aromatic carbocycles. The van der Waals surface area contributed by atoms with Crippen LogP contribution in [-0.2, 0) is 32.3 Å². The quantitative estimate of drug-likeness (QED) is 0.309. The van der Waals surface area contributed by atoms with Crippen LogP contribution in [0.25, 0.3) is 5.73 Å². The van der Waals surface area contributed by atoms with Crippen LogP contribution in [0.2, 0.25) is 0 Å². The molecule has 1 aromatic heterocycles. The molecule has 1 saturated heterocycles. The van der Waals surface area contributed by atoms with Gasteiger partial charge in [0.05, 0.1) is 5.41 Å². The van der Waals surface area contributed by atoms with Crippen LogP contribution in [0.3, 0.4) is 0 Å². The Morgan fingerprint density at radius 2 is 2.10 bits per heavy atom. The number of nitrogens with one attached hydrogen (secondary N) is 2. The number of carbonyl (C=O) groups is 1. The molecule has 1 amide bonds. The van der Waals surface area contributed by atoms with Gasteiger partial charge >= 0.3 is 21.1 Å². The van der Waals surface area contributed by atoms with Crippen LogP contribution in [0.1, 0.15) is 18.5 Å². The maximum atomic E-state index is 12.2. The van der Waals surface area contributed by atoms with E-state index in [9.17, 15) is 4.79 Å². The van der Waals surface area contributed by atoms with E-state index in [2.05, 4.69) is 15.3 Å². The van der Waals surface area contributed by atoms with Crippen LogP contribution in [0.15, 0.2) is 18.2 Å². The van der Waals surface area contributed by atoms with E-state index in [0.29, 0.717) is 6.42 Å². The minimum Gasteiger partial charge on any atom is -0.482 e. The molecule has 1 aromatic rings. The minimum absolute atomic E-state index is 0. The molecule has 6 nitrogen and oxygen atoms in total. The van der Waals surface area contributed by atoms with E-state index in [1.807, 2.05) is 13.1 Å². The van der Waals surface area contributed by atoms with Crippen LogP contribution < -0.4 is 11.3 Å². The van der Waals surface area contributed by atoms with Crippen molar-refractivity contribution in [1.82, 2.24) is 15.3 Å². The molecule has 2 rings (SSSR count). The molecule has 0 unspecified atom stereocenters.